The van der Waals surface area contributed by atoms with Crippen LogP contribution in [0.2, 0.25) is 0 Å². The zero-order valence-electron chi connectivity index (χ0n) is 11.7. The van der Waals surface area contributed by atoms with Crippen LogP contribution in [0.5, 0.6) is 0 Å². The smallest absolute Gasteiger partial charge is 0.191 e. The Hall–Kier alpha value is -1.82. The quantitative estimate of drug-likeness (QED) is 0.639. The first-order chi connectivity index (χ1) is 10.2. The summed E-state index contributed by atoms with van der Waals surface area (Å²) in [6, 6.07) is 6.65. The Morgan fingerprint density at radius 2 is 2.14 bits per heavy atom. The summed E-state index contributed by atoms with van der Waals surface area (Å²) >= 11 is 3.28. The van der Waals surface area contributed by atoms with E-state index < -0.39 is 0 Å². The fourth-order valence-electron chi connectivity index (χ4n) is 1.79. The number of guanidine groups is 1. The van der Waals surface area contributed by atoms with Gasteiger partial charge in [0.1, 0.15) is 5.82 Å². The summed E-state index contributed by atoms with van der Waals surface area (Å²) in [6.07, 6.45) is 3.31. The van der Waals surface area contributed by atoms with Crippen LogP contribution in [0.25, 0.3) is 0 Å². The molecule has 0 spiro atoms. The molecule has 1 aromatic carbocycles. The van der Waals surface area contributed by atoms with E-state index in [-0.39, 0.29) is 5.82 Å². The van der Waals surface area contributed by atoms with E-state index in [1.165, 1.54) is 12.1 Å². The molecule has 0 unspecified atom stereocenters. The molecular formula is C15H17BrFN3O. The molecule has 4 nitrogen and oxygen atoms in total. The standard InChI is InChI=1S/C15H17BrFN3O/c1-2-18-15(19-8-11-3-4-21-10-11)20-9-12-5-13(16)7-14(17)6-12/h3-7,10H,2,8-9H2,1H3,(H2,18,19,20). The predicted molar refractivity (Wildman–Crippen MR) is 84.5 cm³/mol. The first-order valence-electron chi connectivity index (χ1n) is 6.65. The van der Waals surface area contributed by atoms with Crippen LogP contribution >= 0.6 is 15.9 Å². The lowest BCUT2D eigenvalue weighted by Crippen LogP contribution is -2.36. The van der Waals surface area contributed by atoms with Crippen LogP contribution < -0.4 is 10.6 Å². The summed E-state index contributed by atoms with van der Waals surface area (Å²) in [7, 11) is 0. The Balaban J connectivity index is 1.99. The van der Waals surface area contributed by atoms with Crippen LogP contribution in [0.1, 0.15) is 18.1 Å². The van der Waals surface area contributed by atoms with Gasteiger partial charge in [0.05, 0.1) is 19.1 Å². The highest BCUT2D eigenvalue weighted by Crippen LogP contribution is 2.15. The maximum Gasteiger partial charge on any atom is 0.191 e. The molecule has 0 atom stereocenters. The summed E-state index contributed by atoms with van der Waals surface area (Å²) in [6.45, 7) is 3.77. The van der Waals surface area contributed by atoms with Crippen LogP contribution in [-0.4, -0.2) is 12.5 Å². The molecule has 0 amide bonds. The third kappa shape index (κ3) is 5.23. The maximum absolute atomic E-state index is 13.3. The molecule has 1 heterocycles. The summed E-state index contributed by atoms with van der Waals surface area (Å²) < 4.78 is 19.0. The third-order valence-electron chi connectivity index (χ3n) is 2.73. The van der Waals surface area contributed by atoms with Crippen LogP contribution in [0.4, 0.5) is 4.39 Å². The topological polar surface area (TPSA) is 49.6 Å². The average Bonchev–Trinajstić information content (AvgIpc) is 2.94. The molecule has 1 aromatic heterocycles. The number of hydrogen-bond acceptors (Lipinski definition) is 2. The van der Waals surface area contributed by atoms with Crippen molar-refractivity contribution < 1.29 is 8.81 Å². The largest absolute Gasteiger partial charge is 0.472 e. The van der Waals surface area contributed by atoms with Gasteiger partial charge in [0, 0.05) is 23.1 Å². The number of aliphatic imine (C=N–C) groups is 1. The molecule has 0 aliphatic carbocycles. The molecule has 2 rings (SSSR count). The van der Waals surface area contributed by atoms with E-state index >= 15 is 0 Å². The SMILES string of the molecule is CCNC(=NCc1cc(F)cc(Br)c1)NCc1ccoc1. The highest BCUT2D eigenvalue weighted by Gasteiger charge is 2.01. The van der Waals surface area contributed by atoms with Crippen molar-refractivity contribution in [2.45, 2.75) is 20.0 Å². The number of rotatable bonds is 5. The number of halogens is 2. The second-order valence-corrected chi connectivity index (χ2v) is 5.37. The summed E-state index contributed by atoms with van der Waals surface area (Å²) in [5.41, 5.74) is 1.84. The van der Waals surface area contributed by atoms with Gasteiger partial charge in [-0.15, -0.1) is 0 Å². The van der Waals surface area contributed by atoms with Gasteiger partial charge >= 0.3 is 0 Å². The van der Waals surface area contributed by atoms with Gasteiger partial charge in [-0.2, -0.15) is 0 Å². The number of furan rings is 1. The molecule has 6 heteroatoms. The van der Waals surface area contributed by atoms with Crippen molar-refractivity contribution >= 4 is 21.9 Å². The van der Waals surface area contributed by atoms with Crippen molar-refractivity contribution in [3.8, 4) is 0 Å². The molecule has 0 aliphatic rings. The number of hydrogen-bond donors (Lipinski definition) is 2. The van der Waals surface area contributed by atoms with E-state index in [0.29, 0.717) is 23.5 Å². The molecule has 2 aromatic rings. The van der Waals surface area contributed by atoms with E-state index in [1.54, 1.807) is 12.5 Å². The maximum atomic E-state index is 13.3. The van der Waals surface area contributed by atoms with E-state index in [0.717, 1.165) is 17.7 Å². The van der Waals surface area contributed by atoms with Gasteiger partial charge in [0.15, 0.2) is 5.96 Å². The zero-order chi connectivity index (χ0) is 15.1. The van der Waals surface area contributed by atoms with Crippen LogP contribution in [0.15, 0.2) is 50.7 Å². The minimum Gasteiger partial charge on any atom is -0.472 e. The Labute approximate surface area is 131 Å². The molecule has 21 heavy (non-hydrogen) atoms. The van der Waals surface area contributed by atoms with Gasteiger partial charge in [0.25, 0.3) is 0 Å². The van der Waals surface area contributed by atoms with Crippen LogP contribution in [0, 0.1) is 5.82 Å². The molecule has 0 saturated heterocycles. The fourth-order valence-corrected chi connectivity index (χ4v) is 2.31. The Kier molecular flexibility index (Phi) is 5.80. The molecule has 0 bridgehead atoms. The molecule has 2 N–H and O–H groups in total. The van der Waals surface area contributed by atoms with E-state index in [4.69, 9.17) is 4.42 Å². The van der Waals surface area contributed by atoms with Gasteiger partial charge in [-0.05, 0) is 36.8 Å². The predicted octanol–water partition coefficient (Wildman–Crippen LogP) is 3.44. The Morgan fingerprint density at radius 3 is 2.81 bits per heavy atom. The Morgan fingerprint density at radius 1 is 1.29 bits per heavy atom. The molecule has 0 fully saturated rings. The van der Waals surface area contributed by atoms with Crippen LogP contribution in [0.3, 0.4) is 0 Å². The number of nitrogens with zero attached hydrogens (tertiary/aromatic N) is 1. The summed E-state index contributed by atoms with van der Waals surface area (Å²) in [4.78, 5) is 4.44. The van der Waals surface area contributed by atoms with Gasteiger partial charge < -0.3 is 15.1 Å². The second-order valence-electron chi connectivity index (χ2n) is 4.46. The molecule has 0 radical (unpaired) electrons. The van der Waals surface area contributed by atoms with Crippen molar-refractivity contribution in [2.24, 2.45) is 4.99 Å². The van der Waals surface area contributed by atoms with Crippen LogP contribution in [-0.2, 0) is 13.1 Å². The van der Waals surface area contributed by atoms with Crippen molar-refractivity contribution in [3.05, 3.63) is 58.2 Å². The first kappa shape index (κ1) is 15.6. The lowest BCUT2D eigenvalue weighted by Gasteiger charge is -2.10. The minimum absolute atomic E-state index is 0.272. The normalized spacial score (nSPS) is 11.5. The van der Waals surface area contributed by atoms with Gasteiger partial charge in [-0.1, -0.05) is 15.9 Å². The summed E-state index contributed by atoms with van der Waals surface area (Å²) in [5, 5.41) is 6.34. The molecule has 0 aliphatic heterocycles. The monoisotopic (exact) mass is 353 g/mol. The average molecular weight is 354 g/mol. The highest BCUT2D eigenvalue weighted by molar-refractivity contribution is 9.10. The Bertz CT molecular complexity index is 579. The van der Waals surface area contributed by atoms with Crippen molar-refractivity contribution in [1.82, 2.24) is 10.6 Å². The fraction of sp³-hybridized carbons (Fsp3) is 0.267. The van der Waals surface area contributed by atoms with Crippen molar-refractivity contribution in [1.29, 1.82) is 0 Å². The van der Waals surface area contributed by atoms with Crippen molar-refractivity contribution in [2.75, 3.05) is 6.54 Å². The molecule has 0 saturated carbocycles. The van der Waals surface area contributed by atoms with E-state index in [9.17, 15) is 4.39 Å². The van der Waals surface area contributed by atoms with Gasteiger partial charge in [0.2, 0.25) is 0 Å². The van der Waals surface area contributed by atoms with Gasteiger partial charge in [-0.3, -0.25) is 0 Å². The highest BCUT2D eigenvalue weighted by atomic mass is 79.9. The zero-order valence-corrected chi connectivity index (χ0v) is 13.3. The lowest BCUT2D eigenvalue weighted by atomic mass is 10.2. The number of benzene rings is 1. The minimum atomic E-state index is -0.272. The molecule has 112 valence electrons. The summed E-state index contributed by atoms with van der Waals surface area (Å²) in [5.74, 6) is 0.407. The lowest BCUT2D eigenvalue weighted by molar-refractivity contribution is 0.563. The number of nitrogens with one attached hydrogen (secondary N) is 2. The van der Waals surface area contributed by atoms with Crippen molar-refractivity contribution in [3.63, 3.8) is 0 Å². The van der Waals surface area contributed by atoms with E-state index in [1.807, 2.05) is 19.1 Å². The van der Waals surface area contributed by atoms with Gasteiger partial charge in [-0.25, -0.2) is 9.38 Å². The molecular weight excluding hydrogens is 337 g/mol. The first-order valence-corrected chi connectivity index (χ1v) is 7.45. The van der Waals surface area contributed by atoms with E-state index in [2.05, 4.69) is 31.6 Å². The third-order valence-corrected chi connectivity index (χ3v) is 3.18. The second kappa shape index (κ2) is 7.83.